The van der Waals surface area contributed by atoms with Crippen molar-refractivity contribution in [1.29, 1.82) is 0 Å². The smallest absolute Gasteiger partial charge is 0.121 e. The maximum Gasteiger partial charge on any atom is 0.121 e. The first-order chi connectivity index (χ1) is 11.4. The summed E-state index contributed by atoms with van der Waals surface area (Å²) in [6, 6.07) is 0. The summed E-state index contributed by atoms with van der Waals surface area (Å²) < 4.78 is 6.13. The third-order valence-electron chi connectivity index (χ3n) is 9.54. The fraction of sp³-hybridized carbons (Fsp3) is 1.00. The highest BCUT2D eigenvalue weighted by atomic mass is 16.6. The van der Waals surface area contributed by atoms with Crippen molar-refractivity contribution in [3.63, 3.8) is 0 Å². The molecule has 2 bridgehead atoms. The summed E-state index contributed by atoms with van der Waals surface area (Å²) in [6.07, 6.45) is 7.24. The van der Waals surface area contributed by atoms with Crippen LogP contribution in [0.4, 0.5) is 0 Å². The van der Waals surface area contributed by atoms with Crippen molar-refractivity contribution in [2.24, 2.45) is 34.0 Å². The van der Waals surface area contributed by atoms with Crippen molar-refractivity contribution in [1.82, 2.24) is 0 Å². The standard InChI is InChI=1S/C20H32O4/c1-17(10-21)6-3-7-18(2)13-5-4-12-9-19(13,15(23)8-14(17)18)16-20(12,11-22)24-16/h12-16,21-23H,3-11H2,1-2H3/t12-,13-,14+,15+,16+,17+,18-,19?,20-/m0/s1. The van der Waals surface area contributed by atoms with E-state index in [0.29, 0.717) is 17.8 Å². The summed E-state index contributed by atoms with van der Waals surface area (Å²) >= 11 is 0. The number of aliphatic hydroxyl groups is 3. The lowest BCUT2D eigenvalue weighted by Gasteiger charge is -2.65. The second-order valence-corrected chi connectivity index (χ2v) is 10.2. The lowest BCUT2D eigenvalue weighted by atomic mass is 9.40. The zero-order valence-corrected chi connectivity index (χ0v) is 15.0. The van der Waals surface area contributed by atoms with Crippen LogP contribution < -0.4 is 0 Å². The van der Waals surface area contributed by atoms with Crippen molar-refractivity contribution in [3.8, 4) is 0 Å². The van der Waals surface area contributed by atoms with Crippen LogP contribution in [-0.2, 0) is 4.74 Å². The predicted octanol–water partition coefficient (Wildman–Crippen LogP) is 2.10. The van der Waals surface area contributed by atoms with Crippen molar-refractivity contribution in [3.05, 3.63) is 0 Å². The van der Waals surface area contributed by atoms with Crippen LogP contribution in [0.2, 0.25) is 0 Å². The van der Waals surface area contributed by atoms with Gasteiger partial charge in [0.1, 0.15) is 5.60 Å². The molecule has 0 radical (unpaired) electrons. The molecule has 9 atom stereocenters. The monoisotopic (exact) mass is 336 g/mol. The third-order valence-corrected chi connectivity index (χ3v) is 9.54. The van der Waals surface area contributed by atoms with Gasteiger partial charge in [-0.1, -0.05) is 20.3 Å². The number of rotatable bonds is 2. The van der Waals surface area contributed by atoms with E-state index in [1.165, 1.54) is 12.8 Å². The summed E-state index contributed by atoms with van der Waals surface area (Å²) in [7, 11) is 0. The molecular weight excluding hydrogens is 304 g/mol. The molecule has 4 saturated carbocycles. The van der Waals surface area contributed by atoms with Gasteiger partial charge in [0.25, 0.3) is 0 Å². The zero-order chi connectivity index (χ0) is 17.0. The maximum atomic E-state index is 11.3. The molecule has 1 spiro atoms. The molecule has 0 aromatic heterocycles. The molecule has 1 saturated heterocycles. The van der Waals surface area contributed by atoms with Crippen LogP contribution in [0.15, 0.2) is 0 Å². The first-order valence-electron chi connectivity index (χ1n) is 9.95. The Morgan fingerprint density at radius 1 is 1.04 bits per heavy atom. The van der Waals surface area contributed by atoms with Gasteiger partial charge in [0.05, 0.1) is 18.8 Å². The second kappa shape index (κ2) is 4.57. The summed E-state index contributed by atoms with van der Waals surface area (Å²) in [4.78, 5) is 0. The Labute approximate surface area is 144 Å². The first kappa shape index (κ1) is 16.0. The summed E-state index contributed by atoms with van der Waals surface area (Å²) in [6.45, 7) is 5.00. The fourth-order valence-corrected chi connectivity index (χ4v) is 8.43. The highest BCUT2D eigenvalue weighted by Gasteiger charge is 2.82. The van der Waals surface area contributed by atoms with Crippen molar-refractivity contribution < 1.29 is 20.1 Å². The van der Waals surface area contributed by atoms with Crippen LogP contribution in [-0.4, -0.2) is 46.3 Å². The summed E-state index contributed by atoms with van der Waals surface area (Å²) in [5, 5.41) is 31.4. The Kier molecular flexibility index (Phi) is 3.05. The minimum Gasteiger partial charge on any atom is -0.396 e. The van der Waals surface area contributed by atoms with Crippen molar-refractivity contribution in [2.75, 3.05) is 13.2 Å². The van der Waals surface area contributed by atoms with Gasteiger partial charge >= 0.3 is 0 Å². The molecule has 4 aliphatic carbocycles. The van der Waals surface area contributed by atoms with Gasteiger partial charge in [-0.25, -0.2) is 0 Å². The quantitative estimate of drug-likeness (QED) is 0.675. The number of epoxide rings is 1. The number of hydrogen-bond donors (Lipinski definition) is 3. The Balaban J connectivity index is 1.59. The average Bonchev–Trinajstić information content (AvgIpc) is 3.29. The molecule has 1 heterocycles. The van der Waals surface area contributed by atoms with E-state index in [2.05, 4.69) is 13.8 Å². The largest absolute Gasteiger partial charge is 0.396 e. The van der Waals surface area contributed by atoms with Gasteiger partial charge < -0.3 is 20.1 Å². The van der Waals surface area contributed by atoms with Gasteiger partial charge in [-0.15, -0.1) is 0 Å². The van der Waals surface area contributed by atoms with E-state index in [-0.39, 0.29) is 47.3 Å². The Morgan fingerprint density at radius 3 is 2.54 bits per heavy atom. The molecule has 1 unspecified atom stereocenters. The molecule has 1 aliphatic heterocycles. The number of ether oxygens (including phenoxy) is 1. The van der Waals surface area contributed by atoms with Crippen molar-refractivity contribution >= 4 is 0 Å². The van der Waals surface area contributed by atoms with E-state index in [1.54, 1.807) is 0 Å². The van der Waals surface area contributed by atoms with E-state index >= 15 is 0 Å². The highest BCUT2D eigenvalue weighted by molar-refractivity contribution is 5.30. The molecule has 24 heavy (non-hydrogen) atoms. The molecule has 4 nitrogen and oxygen atoms in total. The van der Waals surface area contributed by atoms with E-state index < -0.39 is 0 Å². The molecule has 5 fully saturated rings. The van der Waals surface area contributed by atoms with E-state index in [0.717, 1.165) is 32.1 Å². The number of aliphatic hydroxyl groups excluding tert-OH is 3. The van der Waals surface area contributed by atoms with Crippen LogP contribution in [0.3, 0.4) is 0 Å². The zero-order valence-electron chi connectivity index (χ0n) is 15.0. The molecule has 5 aliphatic rings. The molecular formula is C20H32O4. The molecule has 0 aromatic carbocycles. The van der Waals surface area contributed by atoms with Crippen LogP contribution >= 0.6 is 0 Å². The van der Waals surface area contributed by atoms with Crippen LogP contribution in [0, 0.1) is 34.0 Å². The molecule has 4 heteroatoms. The Bertz CT molecular complexity index is 566. The van der Waals surface area contributed by atoms with Gasteiger partial charge in [0.15, 0.2) is 0 Å². The SMILES string of the molecule is C[C@]1(CO)CCC[C@@]2(C)[C@@H]3CC[C@H]4CC3([C@H](O)C[C@H]12)[C@H]1O[C@@]41CO. The van der Waals surface area contributed by atoms with Crippen LogP contribution in [0.1, 0.15) is 58.8 Å². The summed E-state index contributed by atoms with van der Waals surface area (Å²) in [5.41, 5.74) is -0.376. The predicted molar refractivity (Wildman–Crippen MR) is 89.2 cm³/mol. The highest BCUT2D eigenvalue weighted by Crippen LogP contribution is 2.77. The molecule has 5 rings (SSSR count). The van der Waals surface area contributed by atoms with Gasteiger partial charge in [-0.2, -0.15) is 0 Å². The molecule has 136 valence electrons. The third kappa shape index (κ3) is 1.53. The van der Waals surface area contributed by atoms with Gasteiger partial charge in [0.2, 0.25) is 0 Å². The van der Waals surface area contributed by atoms with Crippen LogP contribution in [0.5, 0.6) is 0 Å². The Hall–Kier alpha value is -0.160. The lowest BCUT2D eigenvalue weighted by Crippen LogP contribution is -2.63. The second-order valence-electron chi connectivity index (χ2n) is 10.2. The van der Waals surface area contributed by atoms with E-state index in [1.807, 2.05) is 0 Å². The number of hydrogen-bond acceptors (Lipinski definition) is 4. The van der Waals surface area contributed by atoms with Gasteiger partial charge in [-0.3, -0.25) is 0 Å². The minimum atomic E-state index is -0.353. The first-order valence-corrected chi connectivity index (χ1v) is 9.95. The molecule has 3 N–H and O–H groups in total. The van der Waals surface area contributed by atoms with Gasteiger partial charge in [0, 0.05) is 12.0 Å². The van der Waals surface area contributed by atoms with Gasteiger partial charge in [-0.05, 0) is 67.1 Å². The minimum absolute atomic E-state index is 0.0579. The van der Waals surface area contributed by atoms with Crippen LogP contribution in [0.25, 0.3) is 0 Å². The molecule has 0 aromatic rings. The normalized spacial score (nSPS) is 64.1. The molecule has 0 amide bonds. The van der Waals surface area contributed by atoms with E-state index in [9.17, 15) is 15.3 Å². The fourth-order valence-electron chi connectivity index (χ4n) is 8.43. The maximum absolute atomic E-state index is 11.3. The average molecular weight is 336 g/mol. The topological polar surface area (TPSA) is 73.2 Å². The van der Waals surface area contributed by atoms with Crippen molar-refractivity contribution in [2.45, 2.75) is 76.6 Å². The summed E-state index contributed by atoms with van der Waals surface area (Å²) in [5.74, 6) is 1.27. The lowest BCUT2D eigenvalue weighted by molar-refractivity contribution is -0.220. The number of fused-ring (bicyclic) bond motifs is 5. The van der Waals surface area contributed by atoms with E-state index in [4.69, 9.17) is 4.74 Å². The Morgan fingerprint density at radius 2 is 1.83 bits per heavy atom.